The zero-order chi connectivity index (χ0) is 16.9. The first-order chi connectivity index (χ1) is 11.8. The van der Waals surface area contributed by atoms with Crippen LogP contribution >= 0.6 is 0 Å². The van der Waals surface area contributed by atoms with E-state index in [-0.39, 0.29) is 5.92 Å². The van der Waals surface area contributed by atoms with Gasteiger partial charge >= 0.3 is 0 Å². The lowest BCUT2D eigenvalue weighted by atomic mass is 9.88. The molecule has 0 aliphatic heterocycles. The van der Waals surface area contributed by atoms with Gasteiger partial charge in [-0.25, -0.2) is 0 Å². The van der Waals surface area contributed by atoms with E-state index < -0.39 is 0 Å². The van der Waals surface area contributed by atoms with Gasteiger partial charge in [0.15, 0.2) is 0 Å². The van der Waals surface area contributed by atoms with E-state index in [4.69, 9.17) is 15.2 Å². The van der Waals surface area contributed by atoms with Gasteiger partial charge in [0.25, 0.3) is 0 Å². The summed E-state index contributed by atoms with van der Waals surface area (Å²) in [4.78, 5) is 0. The number of para-hydroxylation sites is 1. The second kappa shape index (κ2) is 7.37. The highest BCUT2D eigenvalue weighted by Gasteiger charge is 2.18. The van der Waals surface area contributed by atoms with E-state index in [0.29, 0.717) is 6.54 Å². The fourth-order valence-electron chi connectivity index (χ4n) is 3.29. The van der Waals surface area contributed by atoms with Gasteiger partial charge in [0, 0.05) is 11.5 Å². The van der Waals surface area contributed by atoms with Crippen LogP contribution in [0.2, 0.25) is 0 Å². The largest absolute Gasteiger partial charge is 0.496 e. The summed E-state index contributed by atoms with van der Waals surface area (Å²) in [6.45, 7) is 0.548. The van der Waals surface area contributed by atoms with Gasteiger partial charge in [0.1, 0.15) is 11.5 Å². The molecule has 0 aromatic heterocycles. The van der Waals surface area contributed by atoms with Gasteiger partial charge < -0.3 is 15.2 Å². The number of methoxy groups -OCH3 is 2. The molecule has 0 spiro atoms. The lowest BCUT2D eigenvalue weighted by Crippen LogP contribution is -2.16. The van der Waals surface area contributed by atoms with E-state index >= 15 is 0 Å². The van der Waals surface area contributed by atoms with Crippen LogP contribution in [0.15, 0.2) is 60.7 Å². The van der Waals surface area contributed by atoms with Crippen LogP contribution in [0.1, 0.15) is 17.0 Å². The molecule has 1 unspecified atom stereocenters. The molecule has 3 rings (SSSR count). The van der Waals surface area contributed by atoms with Gasteiger partial charge in [-0.15, -0.1) is 0 Å². The number of hydrogen-bond donors (Lipinski definition) is 1. The van der Waals surface area contributed by atoms with E-state index in [0.717, 1.165) is 23.5 Å². The normalized spacial score (nSPS) is 12.1. The van der Waals surface area contributed by atoms with E-state index in [2.05, 4.69) is 36.4 Å². The van der Waals surface area contributed by atoms with E-state index in [1.54, 1.807) is 14.2 Å². The van der Waals surface area contributed by atoms with Crippen molar-refractivity contribution in [2.75, 3.05) is 20.8 Å². The molecule has 3 aromatic carbocycles. The summed E-state index contributed by atoms with van der Waals surface area (Å²) in [6, 6.07) is 20.6. The van der Waals surface area contributed by atoms with E-state index in [1.165, 1.54) is 16.3 Å². The average molecular weight is 321 g/mol. The molecule has 3 heteroatoms. The van der Waals surface area contributed by atoms with Crippen molar-refractivity contribution in [2.24, 2.45) is 5.73 Å². The van der Waals surface area contributed by atoms with Gasteiger partial charge in [-0.3, -0.25) is 0 Å². The van der Waals surface area contributed by atoms with Crippen molar-refractivity contribution >= 4 is 10.8 Å². The third-order valence-electron chi connectivity index (χ3n) is 4.53. The first kappa shape index (κ1) is 16.3. The van der Waals surface area contributed by atoms with Gasteiger partial charge in [0.2, 0.25) is 0 Å². The molecule has 0 fully saturated rings. The maximum absolute atomic E-state index is 6.12. The Hall–Kier alpha value is -2.52. The molecule has 1 atom stereocenters. The van der Waals surface area contributed by atoms with Crippen LogP contribution in [0, 0.1) is 0 Å². The van der Waals surface area contributed by atoms with Crippen molar-refractivity contribution < 1.29 is 9.47 Å². The van der Waals surface area contributed by atoms with Crippen LogP contribution in [0.5, 0.6) is 11.5 Å². The Balaban J connectivity index is 2.07. The smallest absolute Gasteiger partial charge is 0.122 e. The molecule has 0 radical (unpaired) electrons. The average Bonchev–Trinajstić information content (AvgIpc) is 2.65. The summed E-state index contributed by atoms with van der Waals surface area (Å²) < 4.78 is 11.1. The van der Waals surface area contributed by atoms with Crippen molar-refractivity contribution in [2.45, 2.75) is 12.3 Å². The molecule has 3 aromatic rings. The summed E-state index contributed by atoms with van der Waals surface area (Å²) in [7, 11) is 3.42. The minimum Gasteiger partial charge on any atom is -0.496 e. The van der Waals surface area contributed by atoms with Crippen LogP contribution < -0.4 is 15.2 Å². The highest BCUT2D eigenvalue weighted by molar-refractivity contribution is 5.87. The predicted molar refractivity (Wildman–Crippen MR) is 99.0 cm³/mol. The Kier molecular flexibility index (Phi) is 5.02. The molecule has 2 N–H and O–H groups in total. The Bertz CT molecular complexity index is 829. The number of rotatable bonds is 6. The molecule has 24 heavy (non-hydrogen) atoms. The molecule has 0 aliphatic rings. The van der Waals surface area contributed by atoms with Crippen molar-refractivity contribution in [1.29, 1.82) is 0 Å². The Morgan fingerprint density at radius 1 is 0.833 bits per heavy atom. The van der Waals surface area contributed by atoms with E-state index in [1.807, 2.05) is 24.3 Å². The number of hydrogen-bond acceptors (Lipinski definition) is 3. The summed E-state index contributed by atoms with van der Waals surface area (Å²) in [6.07, 6.45) is 0.807. The lowest BCUT2D eigenvalue weighted by molar-refractivity contribution is 0.401. The van der Waals surface area contributed by atoms with Gasteiger partial charge in [-0.1, -0.05) is 48.5 Å². The Morgan fingerprint density at radius 3 is 2.29 bits per heavy atom. The predicted octanol–water partition coefficient (Wildman–Crippen LogP) is 4.14. The molecule has 0 amide bonds. The van der Waals surface area contributed by atoms with Crippen LogP contribution in [-0.2, 0) is 6.42 Å². The fourth-order valence-corrected chi connectivity index (χ4v) is 3.29. The standard InChI is InChI=1S/C21H23NO2/c1-23-20-10-6-5-9-18(20)16(14-22)13-19-17-8-4-3-7-15(17)11-12-21(19)24-2/h3-12,16H,13-14,22H2,1-2H3. The number of fused-ring (bicyclic) bond motifs is 1. The molecule has 0 bridgehead atoms. The van der Waals surface area contributed by atoms with Crippen LogP contribution in [-0.4, -0.2) is 20.8 Å². The highest BCUT2D eigenvalue weighted by Crippen LogP contribution is 2.35. The topological polar surface area (TPSA) is 44.5 Å². The minimum atomic E-state index is 0.167. The number of benzene rings is 3. The van der Waals surface area contributed by atoms with Crippen molar-refractivity contribution in [3.63, 3.8) is 0 Å². The SMILES string of the molecule is COc1ccccc1C(CN)Cc1c(OC)ccc2ccccc12. The van der Waals surface area contributed by atoms with Crippen LogP contribution in [0.25, 0.3) is 10.8 Å². The third kappa shape index (κ3) is 3.08. The van der Waals surface area contributed by atoms with Gasteiger partial charge in [-0.05, 0) is 41.4 Å². The molecular formula is C21H23NO2. The Labute approximate surface area is 143 Å². The number of nitrogens with two attached hydrogens (primary N) is 1. The molecular weight excluding hydrogens is 298 g/mol. The lowest BCUT2D eigenvalue weighted by Gasteiger charge is -2.21. The maximum Gasteiger partial charge on any atom is 0.122 e. The first-order valence-corrected chi connectivity index (χ1v) is 8.16. The molecule has 0 aliphatic carbocycles. The summed E-state index contributed by atoms with van der Waals surface area (Å²) in [5.41, 5.74) is 8.44. The van der Waals surface area contributed by atoms with E-state index in [9.17, 15) is 0 Å². The van der Waals surface area contributed by atoms with Crippen molar-refractivity contribution in [3.8, 4) is 11.5 Å². The van der Waals surface area contributed by atoms with Gasteiger partial charge in [-0.2, -0.15) is 0 Å². The minimum absolute atomic E-state index is 0.167. The Morgan fingerprint density at radius 2 is 1.54 bits per heavy atom. The summed E-state index contributed by atoms with van der Waals surface area (Å²) in [5.74, 6) is 1.95. The number of ether oxygens (including phenoxy) is 2. The quantitative estimate of drug-likeness (QED) is 0.742. The second-order valence-electron chi connectivity index (χ2n) is 5.85. The van der Waals surface area contributed by atoms with Crippen molar-refractivity contribution in [1.82, 2.24) is 0 Å². The van der Waals surface area contributed by atoms with Crippen LogP contribution in [0.4, 0.5) is 0 Å². The van der Waals surface area contributed by atoms with Crippen LogP contribution in [0.3, 0.4) is 0 Å². The molecule has 0 heterocycles. The molecule has 3 nitrogen and oxygen atoms in total. The summed E-state index contributed by atoms with van der Waals surface area (Å²) in [5, 5.41) is 2.43. The first-order valence-electron chi connectivity index (χ1n) is 8.16. The highest BCUT2D eigenvalue weighted by atomic mass is 16.5. The van der Waals surface area contributed by atoms with Crippen molar-refractivity contribution in [3.05, 3.63) is 71.8 Å². The zero-order valence-corrected chi connectivity index (χ0v) is 14.2. The monoisotopic (exact) mass is 321 g/mol. The fraction of sp³-hybridized carbons (Fsp3) is 0.238. The van der Waals surface area contributed by atoms with Gasteiger partial charge in [0.05, 0.1) is 14.2 Å². The molecule has 0 saturated heterocycles. The molecule has 0 saturated carbocycles. The second-order valence-corrected chi connectivity index (χ2v) is 5.85. The zero-order valence-electron chi connectivity index (χ0n) is 14.2. The third-order valence-corrected chi connectivity index (χ3v) is 4.53. The maximum atomic E-state index is 6.12. The molecule has 124 valence electrons. The summed E-state index contributed by atoms with van der Waals surface area (Å²) >= 11 is 0.